The Kier molecular flexibility index (Phi) is 7.23. The molecule has 0 saturated carbocycles. The van der Waals surface area contributed by atoms with E-state index in [-0.39, 0.29) is 30.8 Å². The lowest BCUT2D eigenvalue weighted by atomic mass is 10.1. The fraction of sp³-hybridized carbons (Fsp3) is 0.158. The number of aliphatic carboxylic acids is 1. The van der Waals surface area contributed by atoms with Crippen LogP contribution in [0.2, 0.25) is 0 Å². The van der Waals surface area contributed by atoms with Crippen LogP contribution >= 0.6 is 0 Å². The van der Waals surface area contributed by atoms with Crippen LogP contribution in [0.1, 0.15) is 5.69 Å². The van der Waals surface area contributed by atoms with Gasteiger partial charge in [0, 0.05) is 18.3 Å². The van der Waals surface area contributed by atoms with E-state index in [0.717, 1.165) is 16.0 Å². The van der Waals surface area contributed by atoms with Crippen molar-refractivity contribution >= 4 is 24.0 Å². The lowest BCUT2D eigenvalue weighted by Crippen LogP contribution is -2.30. The van der Waals surface area contributed by atoms with Crippen molar-refractivity contribution in [1.82, 2.24) is 15.2 Å². The van der Waals surface area contributed by atoms with Crippen LogP contribution in [0.15, 0.2) is 48.7 Å². The summed E-state index contributed by atoms with van der Waals surface area (Å²) in [6.07, 6.45) is 0.0661. The molecule has 1 aliphatic heterocycles. The average Bonchev–Trinajstić information content (AvgIpc) is 3.01. The van der Waals surface area contributed by atoms with Crippen molar-refractivity contribution in [2.75, 3.05) is 13.1 Å². The summed E-state index contributed by atoms with van der Waals surface area (Å²) >= 11 is 0. The highest BCUT2D eigenvalue weighted by Crippen LogP contribution is 2.19. The predicted octanol–water partition coefficient (Wildman–Crippen LogP) is 3.09. The van der Waals surface area contributed by atoms with E-state index in [4.69, 9.17) is 9.90 Å². The topological polar surface area (TPSA) is 99.6 Å². The van der Waals surface area contributed by atoms with Crippen LogP contribution in [0.5, 0.6) is 0 Å². The maximum Gasteiger partial charge on any atom is 0.490 e. The Morgan fingerprint density at radius 1 is 1.13 bits per heavy atom. The number of carboxylic acid groups (broad SMARTS) is 1. The number of amides is 3. The fourth-order valence-corrected chi connectivity index (χ4v) is 2.24. The Morgan fingerprint density at radius 3 is 2.20 bits per heavy atom. The van der Waals surface area contributed by atoms with Crippen LogP contribution in [0.4, 0.5) is 22.4 Å². The van der Waals surface area contributed by atoms with Gasteiger partial charge in [-0.1, -0.05) is 24.3 Å². The minimum atomic E-state index is -5.08. The zero-order valence-electron chi connectivity index (χ0n) is 15.2. The largest absolute Gasteiger partial charge is 0.490 e. The van der Waals surface area contributed by atoms with Gasteiger partial charge in [-0.05, 0) is 29.8 Å². The second kappa shape index (κ2) is 9.63. The maximum absolute atomic E-state index is 12.9. The number of aromatic nitrogens is 1. The molecule has 1 aliphatic rings. The zero-order valence-corrected chi connectivity index (χ0v) is 15.2. The summed E-state index contributed by atoms with van der Waals surface area (Å²) in [5, 5.41) is 9.58. The highest BCUT2D eigenvalue weighted by molar-refractivity contribution is 6.02. The van der Waals surface area contributed by atoms with Crippen LogP contribution in [0.3, 0.4) is 0 Å². The molecule has 1 fully saturated rings. The number of carbonyl (C=O) groups excluding carboxylic acids is 2. The Balaban J connectivity index is 0.000000396. The summed E-state index contributed by atoms with van der Waals surface area (Å²) in [6.45, 7) is 0.267. The molecule has 1 saturated heterocycles. The van der Waals surface area contributed by atoms with Crippen LogP contribution in [0.25, 0.3) is 17.2 Å². The molecular weight excluding hydrogens is 410 g/mol. The Labute approximate surface area is 167 Å². The summed E-state index contributed by atoms with van der Waals surface area (Å²) in [7, 11) is 0. The van der Waals surface area contributed by atoms with E-state index in [1.165, 1.54) is 12.1 Å². The van der Waals surface area contributed by atoms with Crippen LogP contribution < -0.4 is 5.32 Å². The standard InChI is InChI=1S/C17H14FN3O2.C2HF3O2/c18-14-6-3-12(4-7-14)13-5-8-15(19-10-13)2-1-9-21-16(22)11-20-17(21)23;3-2(4,5)1(6)7/h1-8,10H,9,11H2,(H,20,23);(H,6,7)/b2-1+;. The van der Waals surface area contributed by atoms with Gasteiger partial charge >= 0.3 is 18.2 Å². The van der Waals surface area contributed by atoms with E-state index >= 15 is 0 Å². The number of nitrogens with zero attached hydrogens (tertiary/aromatic N) is 2. The number of carbonyl (C=O) groups is 3. The third-order valence-electron chi connectivity index (χ3n) is 3.72. The summed E-state index contributed by atoms with van der Waals surface area (Å²) in [4.78, 5) is 37.1. The number of imide groups is 1. The maximum atomic E-state index is 12.9. The molecule has 0 spiro atoms. The summed E-state index contributed by atoms with van der Waals surface area (Å²) < 4.78 is 44.6. The summed E-state index contributed by atoms with van der Waals surface area (Å²) in [6, 6.07) is 9.52. The Bertz CT molecular complexity index is 926. The molecule has 3 rings (SSSR count). The third-order valence-corrected chi connectivity index (χ3v) is 3.72. The number of halogens is 4. The average molecular weight is 425 g/mol. The van der Waals surface area contributed by atoms with Crippen LogP contribution in [-0.4, -0.2) is 52.2 Å². The lowest BCUT2D eigenvalue weighted by Gasteiger charge is -2.08. The van der Waals surface area contributed by atoms with Crippen LogP contribution in [-0.2, 0) is 9.59 Å². The first kappa shape index (κ1) is 22.5. The van der Waals surface area contributed by atoms with E-state index in [1.807, 2.05) is 12.1 Å². The summed E-state index contributed by atoms with van der Waals surface area (Å²) in [5.74, 6) is -3.27. The van der Waals surface area contributed by atoms with Gasteiger partial charge < -0.3 is 10.4 Å². The van der Waals surface area contributed by atoms with Crippen molar-refractivity contribution in [1.29, 1.82) is 0 Å². The first-order chi connectivity index (χ1) is 14.1. The molecule has 0 bridgehead atoms. The van der Waals surface area contributed by atoms with Gasteiger partial charge in [0.25, 0.3) is 0 Å². The molecule has 2 N–H and O–H groups in total. The molecule has 0 radical (unpaired) electrons. The van der Waals surface area contributed by atoms with Crippen molar-refractivity contribution in [2.24, 2.45) is 0 Å². The quantitative estimate of drug-likeness (QED) is 0.579. The smallest absolute Gasteiger partial charge is 0.475 e. The molecule has 1 aromatic heterocycles. The number of carboxylic acids is 1. The molecule has 2 aromatic rings. The number of alkyl halides is 3. The van der Waals surface area contributed by atoms with Gasteiger partial charge in [0.15, 0.2) is 0 Å². The molecule has 30 heavy (non-hydrogen) atoms. The SMILES string of the molecule is O=C(O)C(F)(F)F.O=C1CNC(=O)N1C/C=C/c1ccc(-c2ccc(F)cc2)cn1. The first-order valence-electron chi connectivity index (χ1n) is 8.35. The second-order valence-electron chi connectivity index (χ2n) is 5.85. The van der Waals surface area contributed by atoms with Gasteiger partial charge in [-0.25, -0.2) is 14.0 Å². The van der Waals surface area contributed by atoms with Gasteiger partial charge in [0.1, 0.15) is 5.82 Å². The van der Waals surface area contributed by atoms with Crippen molar-refractivity contribution in [2.45, 2.75) is 6.18 Å². The fourth-order valence-electron chi connectivity index (χ4n) is 2.24. The number of benzene rings is 1. The lowest BCUT2D eigenvalue weighted by molar-refractivity contribution is -0.192. The minimum absolute atomic E-state index is 0.0529. The monoisotopic (exact) mass is 425 g/mol. The molecule has 158 valence electrons. The van der Waals surface area contributed by atoms with Crippen molar-refractivity contribution < 1.29 is 37.1 Å². The highest BCUT2D eigenvalue weighted by Gasteiger charge is 2.38. The van der Waals surface area contributed by atoms with E-state index in [1.54, 1.807) is 30.5 Å². The number of nitrogens with one attached hydrogen (secondary N) is 1. The molecule has 3 amide bonds. The zero-order chi connectivity index (χ0) is 22.3. The molecule has 7 nitrogen and oxygen atoms in total. The van der Waals surface area contributed by atoms with Crippen LogP contribution in [0, 0.1) is 5.82 Å². The first-order valence-corrected chi connectivity index (χ1v) is 8.35. The van der Waals surface area contributed by atoms with Crippen molar-refractivity contribution in [3.8, 4) is 11.1 Å². The number of rotatable bonds is 4. The van der Waals surface area contributed by atoms with E-state index in [0.29, 0.717) is 5.69 Å². The third kappa shape index (κ3) is 6.40. The highest BCUT2D eigenvalue weighted by atomic mass is 19.4. The molecular formula is C19H15F4N3O4. The van der Waals surface area contributed by atoms with Gasteiger partial charge in [0.2, 0.25) is 5.91 Å². The normalized spacial score (nSPS) is 13.8. The Morgan fingerprint density at radius 2 is 1.73 bits per heavy atom. The van der Waals surface area contributed by atoms with Gasteiger partial charge in [-0.15, -0.1) is 0 Å². The number of hydrogen-bond acceptors (Lipinski definition) is 4. The molecule has 2 heterocycles. The molecule has 1 aromatic carbocycles. The predicted molar refractivity (Wildman–Crippen MR) is 97.5 cm³/mol. The molecule has 0 aliphatic carbocycles. The minimum Gasteiger partial charge on any atom is -0.475 e. The molecule has 0 unspecified atom stereocenters. The van der Waals surface area contributed by atoms with Crippen molar-refractivity contribution in [3.05, 3.63) is 60.2 Å². The molecule has 11 heteroatoms. The number of urea groups is 1. The Hall–Kier alpha value is -3.76. The van der Waals surface area contributed by atoms with Gasteiger partial charge in [-0.3, -0.25) is 14.7 Å². The second-order valence-corrected chi connectivity index (χ2v) is 5.85. The van der Waals surface area contributed by atoms with E-state index < -0.39 is 12.1 Å². The number of hydrogen-bond donors (Lipinski definition) is 2. The summed E-state index contributed by atoms with van der Waals surface area (Å²) in [5.41, 5.74) is 2.48. The number of pyridine rings is 1. The van der Waals surface area contributed by atoms with Crippen molar-refractivity contribution in [3.63, 3.8) is 0 Å². The van der Waals surface area contributed by atoms with E-state index in [9.17, 15) is 27.2 Å². The van der Waals surface area contributed by atoms with Gasteiger partial charge in [0.05, 0.1) is 12.2 Å². The van der Waals surface area contributed by atoms with E-state index in [2.05, 4.69) is 10.3 Å². The van der Waals surface area contributed by atoms with Gasteiger partial charge in [-0.2, -0.15) is 13.2 Å². The molecule has 0 atom stereocenters.